The number of carbonyl (C=O) groups excluding carboxylic acids is 1. The first-order valence-corrected chi connectivity index (χ1v) is 8.15. The fraction of sp³-hybridized carbons (Fsp3) is 0.333. The van der Waals surface area contributed by atoms with Crippen LogP contribution in [0.1, 0.15) is 0 Å². The summed E-state index contributed by atoms with van der Waals surface area (Å²) in [6.45, 7) is 0.994. The van der Waals surface area contributed by atoms with Crippen molar-refractivity contribution in [2.75, 3.05) is 26.0 Å². The topological polar surface area (TPSA) is 81.9 Å². The van der Waals surface area contributed by atoms with Crippen molar-refractivity contribution < 1.29 is 9.53 Å². The molecule has 1 N–H and O–H groups in total. The van der Waals surface area contributed by atoms with Crippen molar-refractivity contribution in [3.05, 3.63) is 24.3 Å². The van der Waals surface area contributed by atoms with Gasteiger partial charge in [-0.2, -0.15) is 0 Å². The second-order valence-corrected chi connectivity index (χ2v) is 5.92. The number of carbonyl (C=O) groups is 1. The number of aromatic nitrogens is 4. The number of rotatable bonds is 6. The van der Waals surface area contributed by atoms with Gasteiger partial charge in [0.2, 0.25) is 11.1 Å². The minimum atomic E-state index is -0.0761. The highest BCUT2D eigenvalue weighted by atomic mass is 32.2. The maximum absolute atomic E-state index is 11.7. The van der Waals surface area contributed by atoms with Crippen molar-refractivity contribution in [2.45, 2.75) is 5.16 Å². The lowest BCUT2D eigenvalue weighted by Crippen LogP contribution is -2.28. The van der Waals surface area contributed by atoms with Gasteiger partial charge in [-0.15, -0.1) is 10.2 Å². The van der Waals surface area contributed by atoms with Crippen LogP contribution in [0.2, 0.25) is 0 Å². The van der Waals surface area contributed by atoms with Crippen molar-refractivity contribution in [3.8, 4) is 0 Å². The monoisotopic (exact) mass is 331 g/mol. The lowest BCUT2D eigenvalue weighted by atomic mass is 10.2. The summed E-state index contributed by atoms with van der Waals surface area (Å²) >= 11 is 1.27. The van der Waals surface area contributed by atoms with Crippen molar-refractivity contribution in [2.24, 2.45) is 7.05 Å². The molecule has 8 heteroatoms. The zero-order chi connectivity index (χ0) is 16.2. The van der Waals surface area contributed by atoms with E-state index < -0.39 is 0 Å². The van der Waals surface area contributed by atoms with E-state index in [0.29, 0.717) is 18.3 Å². The van der Waals surface area contributed by atoms with E-state index in [0.717, 1.165) is 22.1 Å². The van der Waals surface area contributed by atoms with Crippen LogP contribution in [0.4, 0.5) is 0 Å². The third-order valence-corrected chi connectivity index (χ3v) is 4.29. The van der Waals surface area contributed by atoms with Crippen LogP contribution in [0.5, 0.6) is 0 Å². The average Bonchev–Trinajstić information content (AvgIpc) is 2.86. The summed E-state index contributed by atoms with van der Waals surface area (Å²) in [7, 11) is 3.55. The molecule has 0 saturated carbocycles. The second-order valence-electron chi connectivity index (χ2n) is 4.97. The van der Waals surface area contributed by atoms with E-state index in [1.54, 1.807) is 7.11 Å². The van der Waals surface area contributed by atoms with Crippen molar-refractivity contribution in [1.82, 2.24) is 25.1 Å². The predicted octanol–water partition coefficient (Wildman–Crippen LogP) is 1.37. The number of benzene rings is 1. The number of aryl methyl sites for hydroxylation is 1. The Morgan fingerprint density at radius 3 is 3.00 bits per heavy atom. The predicted molar refractivity (Wildman–Crippen MR) is 89.4 cm³/mol. The molecule has 3 aromatic rings. The van der Waals surface area contributed by atoms with Crippen LogP contribution in [-0.2, 0) is 16.6 Å². The molecule has 7 nitrogen and oxygen atoms in total. The number of nitrogens with one attached hydrogen (secondary N) is 1. The Hall–Kier alpha value is -2.19. The third-order valence-electron chi connectivity index (χ3n) is 3.45. The summed E-state index contributed by atoms with van der Waals surface area (Å²) in [5.41, 5.74) is 2.60. The Balaban J connectivity index is 1.77. The van der Waals surface area contributed by atoms with E-state index in [-0.39, 0.29) is 11.7 Å². The van der Waals surface area contributed by atoms with Crippen molar-refractivity contribution in [1.29, 1.82) is 0 Å². The number of para-hydroxylation sites is 1. The molecule has 2 aromatic heterocycles. The van der Waals surface area contributed by atoms with Crippen LogP contribution in [0.15, 0.2) is 29.4 Å². The molecule has 3 rings (SSSR count). The highest BCUT2D eigenvalue weighted by Gasteiger charge is 2.13. The first-order valence-electron chi connectivity index (χ1n) is 7.17. The Bertz CT molecular complexity index is 848. The quantitative estimate of drug-likeness (QED) is 0.543. The number of hydrogen-bond acceptors (Lipinski definition) is 6. The Kier molecular flexibility index (Phi) is 4.73. The molecule has 120 valence electrons. The van der Waals surface area contributed by atoms with Gasteiger partial charge in [-0.25, -0.2) is 4.98 Å². The zero-order valence-electron chi connectivity index (χ0n) is 12.9. The van der Waals surface area contributed by atoms with E-state index >= 15 is 0 Å². The number of ether oxygens (including phenoxy) is 1. The molecule has 0 fully saturated rings. The van der Waals surface area contributed by atoms with Gasteiger partial charge in [-0.05, 0) is 6.07 Å². The van der Waals surface area contributed by atoms with E-state index in [1.165, 1.54) is 11.8 Å². The van der Waals surface area contributed by atoms with Gasteiger partial charge < -0.3 is 14.6 Å². The van der Waals surface area contributed by atoms with Gasteiger partial charge >= 0.3 is 0 Å². The maximum atomic E-state index is 11.7. The molecular formula is C15H17N5O2S. The molecule has 1 aromatic carbocycles. The molecule has 0 aliphatic carbocycles. The molecule has 1 amide bonds. The van der Waals surface area contributed by atoms with Crippen LogP contribution in [0.25, 0.3) is 22.1 Å². The highest BCUT2D eigenvalue weighted by Crippen LogP contribution is 2.25. The SMILES string of the molecule is COCCNC(=O)CSc1nnc2c3ccccc3n(C)c2n1. The van der Waals surface area contributed by atoms with Crippen LogP contribution >= 0.6 is 11.8 Å². The largest absolute Gasteiger partial charge is 0.383 e. The van der Waals surface area contributed by atoms with Crippen LogP contribution in [0, 0.1) is 0 Å². The molecule has 0 radical (unpaired) electrons. The fourth-order valence-corrected chi connectivity index (χ4v) is 2.94. The number of nitrogens with zero attached hydrogens (tertiary/aromatic N) is 4. The smallest absolute Gasteiger partial charge is 0.230 e. The fourth-order valence-electron chi connectivity index (χ4n) is 2.33. The molecule has 0 saturated heterocycles. The number of fused-ring (bicyclic) bond motifs is 3. The molecule has 0 atom stereocenters. The Morgan fingerprint density at radius 1 is 1.35 bits per heavy atom. The van der Waals surface area contributed by atoms with Gasteiger partial charge in [0.15, 0.2) is 5.65 Å². The molecule has 23 heavy (non-hydrogen) atoms. The first-order chi connectivity index (χ1) is 11.2. The molecule has 0 aliphatic rings. The van der Waals surface area contributed by atoms with Crippen molar-refractivity contribution in [3.63, 3.8) is 0 Å². The standard InChI is InChI=1S/C15H17N5O2S/c1-20-11-6-4-3-5-10(11)13-14(20)17-15(19-18-13)23-9-12(21)16-7-8-22-2/h3-6H,7-9H2,1-2H3,(H,16,21). The lowest BCUT2D eigenvalue weighted by molar-refractivity contribution is -0.118. The molecular weight excluding hydrogens is 314 g/mol. The van der Waals surface area contributed by atoms with E-state index in [2.05, 4.69) is 20.5 Å². The highest BCUT2D eigenvalue weighted by molar-refractivity contribution is 7.99. The van der Waals surface area contributed by atoms with Gasteiger partial charge in [0, 0.05) is 26.1 Å². The number of thioether (sulfide) groups is 1. The molecule has 0 unspecified atom stereocenters. The van der Waals surface area contributed by atoms with E-state index in [1.807, 2.05) is 35.9 Å². The first kappa shape index (κ1) is 15.7. The number of methoxy groups -OCH3 is 1. The molecule has 0 bridgehead atoms. The summed E-state index contributed by atoms with van der Waals surface area (Å²) in [5, 5.41) is 12.7. The van der Waals surface area contributed by atoms with Gasteiger partial charge in [0.1, 0.15) is 5.52 Å². The van der Waals surface area contributed by atoms with Gasteiger partial charge in [0.25, 0.3) is 0 Å². The minimum Gasteiger partial charge on any atom is -0.383 e. The number of amides is 1. The average molecular weight is 331 g/mol. The summed E-state index contributed by atoms with van der Waals surface area (Å²) in [5.74, 6) is 0.175. The molecule has 0 aliphatic heterocycles. The van der Waals surface area contributed by atoms with Gasteiger partial charge in [0.05, 0.1) is 17.9 Å². The summed E-state index contributed by atoms with van der Waals surface area (Å²) in [6.07, 6.45) is 0. The Labute approximate surface area is 137 Å². The van der Waals surface area contributed by atoms with E-state index in [9.17, 15) is 4.79 Å². The molecule has 0 spiro atoms. The zero-order valence-corrected chi connectivity index (χ0v) is 13.8. The molecule has 2 heterocycles. The Morgan fingerprint density at radius 2 is 2.17 bits per heavy atom. The summed E-state index contributed by atoms with van der Waals surface area (Å²) < 4.78 is 6.87. The normalized spacial score (nSPS) is 11.2. The van der Waals surface area contributed by atoms with Crippen molar-refractivity contribution >= 4 is 39.7 Å². The lowest BCUT2D eigenvalue weighted by Gasteiger charge is -2.03. The van der Waals surface area contributed by atoms with Crippen LogP contribution in [-0.4, -0.2) is 51.7 Å². The minimum absolute atomic E-state index is 0.0761. The van der Waals surface area contributed by atoms with Gasteiger partial charge in [-0.3, -0.25) is 4.79 Å². The van der Waals surface area contributed by atoms with Crippen LogP contribution in [0.3, 0.4) is 0 Å². The third kappa shape index (κ3) is 3.27. The summed E-state index contributed by atoms with van der Waals surface area (Å²) in [4.78, 5) is 16.2. The maximum Gasteiger partial charge on any atom is 0.230 e. The van der Waals surface area contributed by atoms with E-state index in [4.69, 9.17) is 4.74 Å². The van der Waals surface area contributed by atoms with Gasteiger partial charge in [-0.1, -0.05) is 30.0 Å². The second kappa shape index (κ2) is 6.93. The van der Waals surface area contributed by atoms with Crippen LogP contribution < -0.4 is 5.32 Å². The summed E-state index contributed by atoms with van der Waals surface area (Å²) in [6, 6.07) is 7.98. The number of hydrogen-bond donors (Lipinski definition) is 1.